The second kappa shape index (κ2) is 10.2. The number of guanidine groups is 1. The van der Waals surface area contributed by atoms with Crippen LogP contribution in [-0.2, 0) is 13.1 Å². The molecule has 2 aromatic carbocycles. The molecule has 27 heavy (non-hydrogen) atoms. The molecule has 0 aliphatic heterocycles. The molecule has 0 heterocycles. The van der Waals surface area contributed by atoms with Crippen molar-refractivity contribution in [3.05, 3.63) is 47.5 Å². The lowest BCUT2D eigenvalue weighted by Gasteiger charge is -2.12. The Hall–Kier alpha value is -3.09. The maximum absolute atomic E-state index is 5.97. The number of hydrogen-bond acceptors (Lipinski definition) is 5. The van der Waals surface area contributed by atoms with Crippen LogP contribution in [0.2, 0.25) is 0 Å². The molecule has 0 saturated carbocycles. The van der Waals surface area contributed by atoms with Crippen LogP contribution in [0.5, 0.6) is 23.0 Å². The molecule has 0 aromatic heterocycles. The monoisotopic (exact) mass is 373 g/mol. The molecule has 0 fully saturated rings. The Morgan fingerprint density at radius 2 is 1.48 bits per heavy atom. The zero-order valence-electron chi connectivity index (χ0n) is 16.2. The van der Waals surface area contributed by atoms with E-state index in [4.69, 9.17) is 24.7 Å². The second-order valence-electron chi connectivity index (χ2n) is 5.66. The topological polar surface area (TPSA) is 87.3 Å². The number of nitrogens with one attached hydrogen (secondary N) is 1. The summed E-state index contributed by atoms with van der Waals surface area (Å²) in [6.07, 6.45) is 0. The van der Waals surface area contributed by atoms with Crippen molar-refractivity contribution >= 4 is 5.96 Å². The molecule has 146 valence electrons. The van der Waals surface area contributed by atoms with Gasteiger partial charge in [-0.3, -0.25) is 0 Å². The molecule has 2 rings (SSSR count). The van der Waals surface area contributed by atoms with Gasteiger partial charge in [0.05, 0.1) is 34.5 Å². The number of nitrogens with zero attached hydrogens (tertiary/aromatic N) is 1. The van der Waals surface area contributed by atoms with Crippen molar-refractivity contribution in [1.29, 1.82) is 0 Å². The average molecular weight is 373 g/mol. The molecule has 7 heteroatoms. The van der Waals surface area contributed by atoms with Crippen LogP contribution < -0.4 is 30.0 Å². The Balaban J connectivity index is 1.96. The first-order valence-corrected chi connectivity index (χ1v) is 8.65. The number of benzene rings is 2. The van der Waals surface area contributed by atoms with Crippen LogP contribution in [0.4, 0.5) is 0 Å². The first kappa shape index (κ1) is 20.2. The SMILES string of the molecule is CCOc1ccc(CNC(N)=NCc2ccc(OC)c(OC)c2)cc1OC. The van der Waals surface area contributed by atoms with Gasteiger partial charge >= 0.3 is 0 Å². The summed E-state index contributed by atoms with van der Waals surface area (Å²) >= 11 is 0. The van der Waals surface area contributed by atoms with Gasteiger partial charge in [-0.25, -0.2) is 4.99 Å². The summed E-state index contributed by atoms with van der Waals surface area (Å²) in [4.78, 5) is 4.36. The van der Waals surface area contributed by atoms with Crippen LogP contribution in [0.15, 0.2) is 41.4 Å². The minimum absolute atomic E-state index is 0.359. The van der Waals surface area contributed by atoms with Gasteiger partial charge in [-0.1, -0.05) is 12.1 Å². The zero-order chi connectivity index (χ0) is 19.6. The van der Waals surface area contributed by atoms with Gasteiger partial charge in [0.2, 0.25) is 0 Å². The lowest BCUT2D eigenvalue weighted by Crippen LogP contribution is -2.31. The molecule has 3 N–H and O–H groups in total. The maximum Gasteiger partial charge on any atom is 0.189 e. The fourth-order valence-corrected chi connectivity index (χ4v) is 2.50. The van der Waals surface area contributed by atoms with Crippen LogP contribution >= 0.6 is 0 Å². The van der Waals surface area contributed by atoms with Gasteiger partial charge in [-0.2, -0.15) is 0 Å². The van der Waals surface area contributed by atoms with E-state index in [0.717, 1.165) is 16.9 Å². The van der Waals surface area contributed by atoms with Gasteiger partial charge in [0.25, 0.3) is 0 Å². The van der Waals surface area contributed by atoms with E-state index < -0.39 is 0 Å². The van der Waals surface area contributed by atoms with E-state index in [1.807, 2.05) is 43.3 Å². The van der Waals surface area contributed by atoms with Gasteiger partial charge in [-0.15, -0.1) is 0 Å². The average Bonchev–Trinajstić information content (AvgIpc) is 2.71. The Morgan fingerprint density at radius 3 is 2.15 bits per heavy atom. The quantitative estimate of drug-likeness (QED) is 0.519. The highest BCUT2D eigenvalue weighted by Crippen LogP contribution is 2.28. The maximum atomic E-state index is 5.97. The summed E-state index contributed by atoms with van der Waals surface area (Å²) in [6.45, 7) is 3.49. The Bertz CT molecular complexity index is 778. The third-order valence-electron chi connectivity index (χ3n) is 3.88. The zero-order valence-corrected chi connectivity index (χ0v) is 16.2. The highest BCUT2D eigenvalue weighted by molar-refractivity contribution is 5.77. The lowest BCUT2D eigenvalue weighted by atomic mass is 10.2. The molecule has 0 spiro atoms. The van der Waals surface area contributed by atoms with E-state index >= 15 is 0 Å². The van der Waals surface area contributed by atoms with Gasteiger partial charge < -0.3 is 30.0 Å². The van der Waals surface area contributed by atoms with Crippen molar-refractivity contribution in [1.82, 2.24) is 5.32 Å². The molecule has 2 aromatic rings. The molecule has 0 bridgehead atoms. The summed E-state index contributed by atoms with van der Waals surface area (Å²) in [5, 5.41) is 3.10. The van der Waals surface area contributed by atoms with E-state index in [1.165, 1.54) is 0 Å². The largest absolute Gasteiger partial charge is 0.493 e. The smallest absolute Gasteiger partial charge is 0.189 e. The summed E-state index contributed by atoms with van der Waals surface area (Å²) in [7, 11) is 4.83. The van der Waals surface area contributed by atoms with Gasteiger partial charge in [0.1, 0.15) is 0 Å². The van der Waals surface area contributed by atoms with Crippen molar-refractivity contribution < 1.29 is 18.9 Å². The summed E-state index contributed by atoms with van der Waals surface area (Å²) < 4.78 is 21.4. The van der Waals surface area contributed by atoms with Crippen molar-refractivity contribution in [2.45, 2.75) is 20.0 Å². The first-order valence-electron chi connectivity index (χ1n) is 8.65. The Morgan fingerprint density at radius 1 is 0.889 bits per heavy atom. The highest BCUT2D eigenvalue weighted by atomic mass is 16.5. The van der Waals surface area contributed by atoms with Crippen LogP contribution in [0, 0.1) is 0 Å². The molecule has 0 radical (unpaired) electrons. The van der Waals surface area contributed by atoms with Crippen molar-refractivity contribution in [2.75, 3.05) is 27.9 Å². The van der Waals surface area contributed by atoms with E-state index in [1.54, 1.807) is 21.3 Å². The molecule has 0 atom stereocenters. The molecule has 0 unspecified atom stereocenters. The third-order valence-corrected chi connectivity index (χ3v) is 3.88. The molecule has 0 aliphatic carbocycles. The fourth-order valence-electron chi connectivity index (χ4n) is 2.50. The van der Waals surface area contributed by atoms with Crippen LogP contribution in [0.25, 0.3) is 0 Å². The van der Waals surface area contributed by atoms with E-state index in [2.05, 4.69) is 10.3 Å². The number of nitrogens with two attached hydrogens (primary N) is 1. The second-order valence-corrected chi connectivity index (χ2v) is 5.66. The Kier molecular flexibility index (Phi) is 7.61. The van der Waals surface area contributed by atoms with Gasteiger partial charge in [-0.05, 0) is 42.3 Å². The lowest BCUT2D eigenvalue weighted by molar-refractivity contribution is 0.310. The minimum atomic E-state index is 0.359. The summed E-state index contributed by atoms with van der Waals surface area (Å²) in [6, 6.07) is 11.4. The molecular weight excluding hydrogens is 346 g/mol. The molecule has 7 nitrogen and oxygen atoms in total. The van der Waals surface area contributed by atoms with Gasteiger partial charge in [0, 0.05) is 6.54 Å². The van der Waals surface area contributed by atoms with Crippen LogP contribution in [0.3, 0.4) is 0 Å². The number of rotatable bonds is 9. The fraction of sp³-hybridized carbons (Fsp3) is 0.350. The highest BCUT2D eigenvalue weighted by Gasteiger charge is 2.06. The molecule has 0 saturated heterocycles. The van der Waals surface area contributed by atoms with Crippen molar-refractivity contribution in [2.24, 2.45) is 10.7 Å². The normalized spacial score (nSPS) is 11.0. The standard InChI is InChI=1S/C20H27N3O4/c1-5-27-17-9-7-15(11-19(17)26-4)13-23-20(21)22-12-14-6-8-16(24-2)18(10-14)25-3/h6-11H,5,12-13H2,1-4H3,(H3,21,22,23). The Labute approximate surface area is 160 Å². The molecule has 0 aliphatic rings. The van der Waals surface area contributed by atoms with Crippen molar-refractivity contribution in [3.8, 4) is 23.0 Å². The number of aliphatic imine (C=N–C) groups is 1. The third kappa shape index (κ3) is 5.70. The van der Waals surface area contributed by atoms with Crippen LogP contribution in [0.1, 0.15) is 18.1 Å². The number of hydrogen-bond donors (Lipinski definition) is 2. The summed E-state index contributed by atoms with van der Waals surface area (Å²) in [5.41, 5.74) is 7.96. The molecular formula is C20H27N3O4. The van der Waals surface area contributed by atoms with Gasteiger partial charge in [0.15, 0.2) is 29.0 Å². The number of methoxy groups -OCH3 is 3. The number of ether oxygens (including phenoxy) is 4. The van der Waals surface area contributed by atoms with Crippen LogP contribution in [-0.4, -0.2) is 33.9 Å². The predicted molar refractivity (Wildman–Crippen MR) is 106 cm³/mol. The predicted octanol–water partition coefficient (Wildman–Crippen LogP) is 2.72. The summed E-state index contributed by atoms with van der Waals surface area (Å²) in [5.74, 6) is 3.12. The molecule has 0 amide bonds. The first-order chi connectivity index (χ1) is 13.1. The van der Waals surface area contributed by atoms with E-state index in [-0.39, 0.29) is 0 Å². The van der Waals surface area contributed by atoms with Crippen molar-refractivity contribution in [3.63, 3.8) is 0 Å². The van der Waals surface area contributed by atoms with E-state index in [9.17, 15) is 0 Å². The van der Waals surface area contributed by atoms with E-state index in [0.29, 0.717) is 42.9 Å². The minimum Gasteiger partial charge on any atom is -0.493 e.